The highest BCUT2D eigenvalue weighted by Gasteiger charge is 2.46. The number of nitrogens with zero attached hydrogens (tertiary/aromatic N) is 1. The van der Waals surface area contributed by atoms with Crippen molar-refractivity contribution >= 4 is 17.6 Å². The maximum atomic E-state index is 12.7. The van der Waals surface area contributed by atoms with Crippen molar-refractivity contribution in [1.29, 1.82) is 0 Å². The Labute approximate surface area is 172 Å². The van der Waals surface area contributed by atoms with Crippen LogP contribution in [0.5, 0.6) is 0 Å². The minimum Gasteiger partial charge on any atom is -0.469 e. The molecule has 1 atom stereocenters. The second-order valence-electron chi connectivity index (χ2n) is 7.78. The minimum absolute atomic E-state index is 0.397. The smallest absolute Gasteiger partial charge is 0.340 e. The highest BCUT2D eigenvalue weighted by atomic mass is 16.7. The number of para-hydroxylation sites is 1. The van der Waals surface area contributed by atoms with E-state index in [4.69, 9.17) is 14.3 Å². The fourth-order valence-electron chi connectivity index (χ4n) is 3.21. The van der Waals surface area contributed by atoms with Gasteiger partial charge in [0.05, 0.1) is 31.4 Å². The van der Waals surface area contributed by atoms with E-state index in [1.165, 1.54) is 14.2 Å². The Morgan fingerprint density at radius 3 is 1.76 bits per heavy atom. The van der Waals surface area contributed by atoms with Crippen LogP contribution in [0.1, 0.15) is 39.3 Å². The lowest BCUT2D eigenvalue weighted by atomic mass is 9.80. The maximum absolute atomic E-state index is 12.7. The molecule has 29 heavy (non-hydrogen) atoms. The van der Waals surface area contributed by atoms with E-state index in [1.807, 2.05) is 60.7 Å². The van der Waals surface area contributed by atoms with Gasteiger partial charge in [0.1, 0.15) is 0 Å². The zero-order chi connectivity index (χ0) is 21.7. The van der Waals surface area contributed by atoms with Crippen LogP contribution in [0.25, 0.3) is 0 Å². The number of methoxy groups -OCH3 is 2. The highest BCUT2D eigenvalue weighted by Crippen LogP contribution is 2.43. The number of ether oxygens (including phenoxy) is 2. The fourth-order valence-corrected chi connectivity index (χ4v) is 3.21. The van der Waals surface area contributed by atoms with Crippen LogP contribution in [0.4, 0.5) is 5.69 Å². The summed E-state index contributed by atoms with van der Waals surface area (Å²) in [5.41, 5.74) is -0.759. The number of benzene rings is 2. The zero-order valence-electron chi connectivity index (χ0n) is 17.8. The van der Waals surface area contributed by atoms with Gasteiger partial charge >= 0.3 is 11.9 Å². The van der Waals surface area contributed by atoms with Gasteiger partial charge in [0, 0.05) is 0 Å². The second kappa shape index (κ2) is 9.09. The number of esters is 2. The quantitative estimate of drug-likeness (QED) is 0.487. The van der Waals surface area contributed by atoms with Gasteiger partial charge in [0.15, 0.2) is 5.60 Å². The average Bonchev–Trinajstić information content (AvgIpc) is 2.73. The molecule has 2 aromatic rings. The summed E-state index contributed by atoms with van der Waals surface area (Å²) in [4.78, 5) is 31.3. The first kappa shape index (κ1) is 22.4. The molecule has 0 amide bonds. The number of anilines is 1. The predicted octanol–water partition coefficient (Wildman–Crippen LogP) is 4.32. The van der Waals surface area contributed by atoms with Gasteiger partial charge in [-0.05, 0) is 45.4 Å². The van der Waals surface area contributed by atoms with E-state index in [0.29, 0.717) is 5.69 Å². The van der Waals surface area contributed by atoms with E-state index in [0.717, 1.165) is 5.56 Å². The first-order valence-electron chi connectivity index (χ1n) is 9.40. The van der Waals surface area contributed by atoms with Crippen molar-refractivity contribution in [3.63, 3.8) is 0 Å². The molecule has 2 aromatic carbocycles. The molecule has 6 heteroatoms. The zero-order valence-corrected chi connectivity index (χ0v) is 17.8. The molecule has 0 aromatic heterocycles. The van der Waals surface area contributed by atoms with Crippen LogP contribution in [-0.4, -0.2) is 31.8 Å². The predicted molar refractivity (Wildman–Crippen MR) is 111 cm³/mol. The van der Waals surface area contributed by atoms with Crippen LogP contribution in [-0.2, 0) is 23.9 Å². The lowest BCUT2D eigenvalue weighted by Crippen LogP contribution is -2.49. The normalized spacial score (nSPS) is 12.8. The van der Waals surface area contributed by atoms with Crippen molar-refractivity contribution in [2.24, 2.45) is 5.41 Å². The van der Waals surface area contributed by atoms with E-state index in [9.17, 15) is 9.59 Å². The Bertz CT molecular complexity index is 818. The first-order valence-corrected chi connectivity index (χ1v) is 9.40. The number of hydroxylamine groups is 1. The molecule has 0 saturated carbocycles. The molecule has 2 rings (SSSR count). The maximum Gasteiger partial charge on any atom is 0.340 e. The lowest BCUT2D eigenvalue weighted by molar-refractivity contribution is -0.171. The number of rotatable bonds is 8. The molecule has 0 heterocycles. The molecule has 0 N–H and O–H groups in total. The summed E-state index contributed by atoms with van der Waals surface area (Å²) < 4.78 is 10.00. The van der Waals surface area contributed by atoms with Gasteiger partial charge in [-0.15, -0.1) is 0 Å². The van der Waals surface area contributed by atoms with E-state index in [1.54, 1.807) is 32.8 Å². The van der Waals surface area contributed by atoms with E-state index in [-0.39, 0.29) is 0 Å². The van der Waals surface area contributed by atoms with E-state index in [2.05, 4.69) is 0 Å². The number of carbonyl (C=O) groups excluding carboxylic acids is 2. The Balaban J connectivity index is 2.67. The topological polar surface area (TPSA) is 65.1 Å². The van der Waals surface area contributed by atoms with Gasteiger partial charge in [0.2, 0.25) is 0 Å². The third kappa shape index (κ3) is 4.95. The molecule has 156 valence electrons. The Hall–Kier alpha value is -2.86. The molecular formula is C23H29NO5. The Morgan fingerprint density at radius 2 is 1.28 bits per heavy atom. The first-order chi connectivity index (χ1) is 13.6. The largest absolute Gasteiger partial charge is 0.469 e. The number of hydrogen-bond donors (Lipinski definition) is 0. The standard InChI is InChI=1S/C23H29NO5/c1-22(2,20(25)27-5)19(17-13-9-7-10-14-17)24(18-15-11-8-12-16-18)29-23(3,4)21(26)28-6/h7-16,19H,1-6H3. The summed E-state index contributed by atoms with van der Waals surface area (Å²) in [5.74, 6) is -0.923. The molecule has 0 aliphatic carbocycles. The Morgan fingerprint density at radius 1 is 0.793 bits per heavy atom. The molecule has 0 aliphatic rings. The summed E-state index contributed by atoms with van der Waals surface area (Å²) in [6.45, 7) is 6.84. The van der Waals surface area contributed by atoms with Gasteiger partial charge in [-0.2, -0.15) is 0 Å². The average molecular weight is 399 g/mol. The lowest BCUT2D eigenvalue weighted by Gasteiger charge is -2.43. The van der Waals surface area contributed by atoms with Gasteiger partial charge in [0.25, 0.3) is 0 Å². The van der Waals surface area contributed by atoms with Crippen molar-refractivity contribution in [3.8, 4) is 0 Å². The SMILES string of the molecule is COC(=O)C(C)(C)ON(c1ccccc1)C(c1ccccc1)C(C)(C)C(=O)OC. The molecule has 6 nitrogen and oxygen atoms in total. The van der Waals surface area contributed by atoms with E-state index < -0.39 is 29.0 Å². The summed E-state index contributed by atoms with van der Waals surface area (Å²) in [7, 11) is 2.67. The molecule has 0 spiro atoms. The third-order valence-electron chi connectivity index (χ3n) is 4.76. The van der Waals surface area contributed by atoms with Gasteiger partial charge in [-0.1, -0.05) is 48.5 Å². The van der Waals surface area contributed by atoms with Crippen LogP contribution in [0, 0.1) is 5.41 Å². The van der Waals surface area contributed by atoms with Crippen LogP contribution in [0.15, 0.2) is 60.7 Å². The van der Waals surface area contributed by atoms with Crippen LogP contribution in [0.2, 0.25) is 0 Å². The molecular weight excluding hydrogens is 370 g/mol. The molecule has 0 bridgehead atoms. The second-order valence-corrected chi connectivity index (χ2v) is 7.78. The van der Waals surface area contributed by atoms with Crippen molar-refractivity contribution < 1.29 is 23.9 Å². The van der Waals surface area contributed by atoms with Gasteiger partial charge in [-0.25, -0.2) is 9.86 Å². The van der Waals surface area contributed by atoms with Crippen molar-refractivity contribution in [2.75, 3.05) is 19.3 Å². The number of carbonyl (C=O) groups is 2. The molecule has 0 aliphatic heterocycles. The van der Waals surface area contributed by atoms with Crippen LogP contribution >= 0.6 is 0 Å². The summed E-state index contributed by atoms with van der Waals surface area (Å²) in [5, 5.41) is 1.60. The number of hydrogen-bond acceptors (Lipinski definition) is 6. The third-order valence-corrected chi connectivity index (χ3v) is 4.76. The molecule has 0 radical (unpaired) electrons. The van der Waals surface area contributed by atoms with E-state index >= 15 is 0 Å². The minimum atomic E-state index is -1.29. The Kier molecular flexibility index (Phi) is 7.03. The summed E-state index contributed by atoms with van der Waals surface area (Å²) in [6.07, 6.45) is 0. The van der Waals surface area contributed by atoms with Gasteiger partial charge in [-0.3, -0.25) is 9.63 Å². The monoisotopic (exact) mass is 399 g/mol. The molecule has 0 saturated heterocycles. The summed E-state index contributed by atoms with van der Waals surface area (Å²) in [6, 6.07) is 18.3. The molecule has 1 unspecified atom stereocenters. The van der Waals surface area contributed by atoms with Crippen molar-refractivity contribution in [1.82, 2.24) is 0 Å². The van der Waals surface area contributed by atoms with Gasteiger partial charge < -0.3 is 9.47 Å². The summed E-state index contributed by atoms with van der Waals surface area (Å²) >= 11 is 0. The fraction of sp³-hybridized carbons (Fsp3) is 0.391. The van der Waals surface area contributed by atoms with Crippen LogP contribution in [0.3, 0.4) is 0 Å². The van der Waals surface area contributed by atoms with Crippen molar-refractivity contribution in [3.05, 3.63) is 66.2 Å². The molecule has 0 fully saturated rings. The van der Waals surface area contributed by atoms with Crippen LogP contribution < -0.4 is 5.06 Å². The van der Waals surface area contributed by atoms with Crippen molar-refractivity contribution in [2.45, 2.75) is 39.3 Å². The highest BCUT2D eigenvalue weighted by molar-refractivity contribution is 5.79.